The second kappa shape index (κ2) is 14.1. The molecule has 5 rings (SSSR count). The summed E-state index contributed by atoms with van der Waals surface area (Å²) in [6.07, 6.45) is -6.69. The Kier molecular flexibility index (Phi) is 10.4. The molecule has 0 unspecified atom stereocenters. The van der Waals surface area contributed by atoms with Gasteiger partial charge in [0.2, 0.25) is 0 Å². The SMILES string of the molecule is CO[C@H]1O[C@H]([C@H](COC(c2ccccc2)(c2ccccc2)c2ccccc2)OS(=O)(=O)c2ccc(C)cc2)[C@@H](OS(C)(=O)=O)[C@H]1O. The Morgan fingerprint density at radius 3 is 1.70 bits per heavy atom. The summed E-state index contributed by atoms with van der Waals surface area (Å²) in [5.41, 5.74) is 1.75. The van der Waals surface area contributed by atoms with Crippen LogP contribution < -0.4 is 0 Å². The molecule has 46 heavy (non-hydrogen) atoms. The summed E-state index contributed by atoms with van der Waals surface area (Å²) in [6.45, 7) is 1.36. The molecule has 1 fully saturated rings. The van der Waals surface area contributed by atoms with Crippen molar-refractivity contribution in [3.05, 3.63) is 138 Å². The minimum absolute atomic E-state index is 0.133. The van der Waals surface area contributed by atoms with Gasteiger partial charge in [-0.3, -0.25) is 8.37 Å². The molecule has 1 aliphatic heterocycles. The molecule has 0 saturated carbocycles. The summed E-state index contributed by atoms with van der Waals surface area (Å²) in [4.78, 5) is -0.133. The molecule has 4 aromatic rings. The molecule has 0 aliphatic carbocycles. The van der Waals surface area contributed by atoms with Crippen LogP contribution >= 0.6 is 0 Å². The van der Waals surface area contributed by atoms with Crippen LogP contribution in [0.15, 0.2) is 120 Å². The number of aliphatic hydroxyl groups excluding tert-OH is 1. The molecule has 0 bridgehead atoms. The van der Waals surface area contributed by atoms with Crippen LogP contribution in [0, 0.1) is 6.92 Å². The predicted octanol–water partition coefficient (Wildman–Crippen LogP) is 4.15. The van der Waals surface area contributed by atoms with Gasteiger partial charge in [0, 0.05) is 7.11 Å². The largest absolute Gasteiger partial charge is 0.385 e. The Labute approximate surface area is 269 Å². The lowest BCUT2D eigenvalue weighted by Gasteiger charge is -2.38. The van der Waals surface area contributed by atoms with Gasteiger partial charge in [-0.05, 0) is 35.7 Å². The van der Waals surface area contributed by atoms with Crippen molar-refractivity contribution in [2.75, 3.05) is 20.0 Å². The van der Waals surface area contributed by atoms with E-state index >= 15 is 0 Å². The Balaban J connectivity index is 1.64. The van der Waals surface area contributed by atoms with Gasteiger partial charge >= 0.3 is 0 Å². The van der Waals surface area contributed by atoms with E-state index in [-0.39, 0.29) is 4.90 Å². The lowest BCUT2D eigenvalue weighted by atomic mass is 9.80. The van der Waals surface area contributed by atoms with Crippen molar-refractivity contribution in [2.24, 2.45) is 0 Å². The van der Waals surface area contributed by atoms with E-state index in [1.54, 1.807) is 12.1 Å². The van der Waals surface area contributed by atoms with Gasteiger partial charge in [-0.2, -0.15) is 16.8 Å². The number of rotatable bonds is 13. The van der Waals surface area contributed by atoms with Crippen molar-refractivity contribution in [1.82, 2.24) is 0 Å². The molecule has 0 radical (unpaired) electrons. The molecule has 10 nitrogen and oxygen atoms in total. The second-order valence-electron chi connectivity index (χ2n) is 11.0. The van der Waals surface area contributed by atoms with E-state index in [0.717, 1.165) is 28.5 Å². The van der Waals surface area contributed by atoms with E-state index in [9.17, 15) is 21.9 Å². The molecule has 1 N–H and O–H groups in total. The van der Waals surface area contributed by atoms with Gasteiger partial charge in [0.1, 0.15) is 30.0 Å². The normalized spacial score (nSPS) is 21.2. The molecule has 1 heterocycles. The smallest absolute Gasteiger partial charge is 0.297 e. The molecule has 1 aliphatic rings. The summed E-state index contributed by atoms with van der Waals surface area (Å²) in [5.74, 6) is 0. The number of benzene rings is 4. The lowest BCUT2D eigenvalue weighted by molar-refractivity contribution is -0.168. The molecule has 244 valence electrons. The van der Waals surface area contributed by atoms with E-state index in [0.29, 0.717) is 0 Å². The molecule has 0 spiro atoms. The van der Waals surface area contributed by atoms with Crippen LogP contribution in [0.1, 0.15) is 22.3 Å². The zero-order chi connectivity index (χ0) is 33.0. The van der Waals surface area contributed by atoms with Gasteiger partial charge in [0.05, 0.1) is 17.8 Å². The van der Waals surface area contributed by atoms with Crippen molar-refractivity contribution in [1.29, 1.82) is 0 Å². The van der Waals surface area contributed by atoms with Gasteiger partial charge in [0.15, 0.2) is 6.29 Å². The number of aliphatic hydroxyl groups is 1. The first-order chi connectivity index (χ1) is 21.9. The van der Waals surface area contributed by atoms with Crippen molar-refractivity contribution >= 4 is 20.2 Å². The quantitative estimate of drug-likeness (QED) is 0.164. The van der Waals surface area contributed by atoms with Crippen molar-refractivity contribution in [3.63, 3.8) is 0 Å². The second-order valence-corrected chi connectivity index (χ2v) is 14.1. The van der Waals surface area contributed by atoms with E-state index < -0.39 is 63.2 Å². The fourth-order valence-electron chi connectivity index (χ4n) is 5.55. The lowest BCUT2D eigenvalue weighted by Crippen LogP contribution is -2.47. The van der Waals surface area contributed by atoms with Crippen LogP contribution in [0.3, 0.4) is 0 Å². The molecule has 1 saturated heterocycles. The molecular weight excluding hydrogens is 632 g/mol. The highest BCUT2D eigenvalue weighted by molar-refractivity contribution is 7.86. The van der Waals surface area contributed by atoms with E-state index in [2.05, 4.69) is 0 Å². The summed E-state index contributed by atoms with van der Waals surface area (Å²) in [6, 6.07) is 34.2. The first-order valence-electron chi connectivity index (χ1n) is 14.5. The van der Waals surface area contributed by atoms with E-state index in [4.69, 9.17) is 22.6 Å². The number of aryl methyl sites for hydroxylation is 1. The van der Waals surface area contributed by atoms with E-state index in [1.807, 2.05) is 97.9 Å². The maximum absolute atomic E-state index is 13.7. The highest BCUT2D eigenvalue weighted by atomic mass is 32.2. The Morgan fingerprint density at radius 2 is 1.26 bits per heavy atom. The predicted molar refractivity (Wildman–Crippen MR) is 170 cm³/mol. The van der Waals surface area contributed by atoms with Gasteiger partial charge in [0.25, 0.3) is 20.2 Å². The van der Waals surface area contributed by atoms with Crippen LogP contribution in [-0.4, -0.2) is 72.6 Å². The van der Waals surface area contributed by atoms with Crippen LogP contribution in [0.2, 0.25) is 0 Å². The Bertz CT molecular complexity index is 1690. The average molecular weight is 669 g/mol. The number of methoxy groups -OCH3 is 1. The van der Waals surface area contributed by atoms with E-state index in [1.165, 1.54) is 19.2 Å². The Hall–Kier alpha value is -3.46. The highest BCUT2D eigenvalue weighted by Gasteiger charge is 2.52. The van der Waals surface area contributed by atoms with Crippen LogP contribution in [0.25, 0.3) is 0 Å². The van der Waals surface area contributed by atoms with Crippen molar-refractivity contribution in [3.8, 4) is 0 Å². The standard InChI is InChI=1S/C34H36O10S2/c1-24-19-21-28(22-20-24)46(38,39)43-29(31-32(44-45(3,36)37)30(35)33(40-2)42-31)23-41-34(25-13-7-4-8-14-25,26-15-9-5-10-16-26)27-17-11-6-12-18-27/h4-22,29-33,35H,23H2,1-3H3/t29-,30+,31+,32-,33-/m0/s1. The topological polar surface area (TPSA) is 135 Å². The third-order valence-corrected chi connectivity index (χ3v) is 9.60. The van der Waals surface area contributed by atoms with Gasteiger partial charge < -0.3 is 19.3 Å². The van der Waals surface area contributed by atoms with Crippen LogP contribution in [0.4, 0.5) is 0 Å². The third kappa shape index (κ3) is 7.40. The zero-order valence-electron chi connectivity index (χ0n) is 25.5. The minimum atomic E-state index is -4.47. The number of hydrogen-bond donors (Lipinski definition) is 1. The molecule has 0 amide bonds. The van der Waals surface area contributed by atoms with Gasteiger partial charge in [-0.25, -0.2) is 0 Å². The first kappa shape index (κ1) is 33.9. The Morgan fingerprint density at radius 1 is 0.783 bits per heavy atom. The first-order valence-corrected chi connectivity index (χ1v) is 17.7. The average Bonchev–Trinajstić information content (AvgIpc) is 3.35. The number of hydrogen-bond acceptors (Lipinski definition) is 10. The summed E-state index contributed by atoms with van der Waals surface area (Å²) in [7, 11) is -7.37. The monoisotopic (exact) mass is 668 g/mol. The van der Waals surface area contributed by atoms with Crippen molar-refractivity contribution < 1.29 is 44.5 Å². The maximum Gasteiger partial charge on any atom is 0.297 e. The summed E-state index contributed by atoms with van der Waals surface area (Å²) in [5, 5.41) is 11.0. The summed E-state index contributed by atoms with van der Waals surface area (Å²) < 4.78 is 81.0. The molecule has 12 heteroatoms. The summed E-state index contributed by atoms with van der Waals surface area (Å²) >= 11 is 0. The van der Waals surface area contributed by atoms with Gasteiger partial charge in [-0.15, -0.1) is 0 Å². The highest BCUT2D eigenvalue weighted by Crippen LogP contribution is 2.41. The zero-order valence-corrected chi connectivity index (χ0v) is 27.1. The fourth-order valence-corrected chi connectivity index (χ4v) is 7.24. The van der Waals surface area contributed by atoms with Crippen LogP contribution in [-0.2, 0) is 48.4 Å². The van der Waals surface area contributed by atoms with Crippen molar-refractivity contribution in [2.45, 2.75) is 48.1 Å². The molecule has 0 aromatic heterocycles. The van der Waals surface area contributed by atoms with Crippen LogP contribution in [0.5, 0.6) is 0 Å². The molecule has 5 atom stereocenters. The third-order valence-electron chi connectivity index (χ3n) is 7.68. The minimum Gasteiger partial charge on any atom is -0.385 e. The maximum atomic E-state index is 13.7. The van der Waals surface area contributed by atoms with Gasteiger partial charge in [-0.1, -0.05) is 109 Å². The fraction of sp³-hybridized carbons (Fsp3) is 0.294. The molecular formula is C34H36O10S2. The molecule has 4 aromatic carbocycles. The number of ether oxygens (including phenoxy) is 3.